The first kappa shape index (κ1) is 12.3. The van der Waals surface area contributed by atoms with Gasteiger partial charge in [0, 0.05) is 30.9 Å². The van der Waals surface area contributed by atoms with Crippen molar-refractivity contribution in [2.45, 2.75) is 31.3 Å². The summed E-state index contributed by atoms with van der Waals surface area (Å²) in [5.41, 5.74) is 8.22. The smallest absolute Gasteiger partial charge is 0.101 e. The third-order valence-electron chi connectivity index (χ3n) is 4.67. The molecule has 2 aliphatic heterocycles. The van der Waals surface area contributed by atoms with Gasteiger partial charge in [0.15, 0.2) is 0 Å². The Morgan fingerprint density at radius 2 is 2.05 bits per heavy atom. The number of nitriles is 1. The van der Waals surface area contributed by atoms with Gasteiger partial charge in [0.25, 0.3) is 0 Å². The van der Waals surface area contributed by atoms with E-state index in [4.69, 9.17) is 11.0 Å². The van der Waals surface area contributed by atoms with Crippen molar-refractivity contribution in [1.82, 2.24) is 4.90 Å². The molecule has 2 bridgehead atoms. The second-order valence-corrected chi connectivity index (χ2v) is 5.67. The highest BCUT2D eigenvalue weighted by Gasteiger charge is 2.34. The van der Waals surface area contributed by atoms with Gasteiger partial charge in [-0.1, -0.05) is 0 Å². The molecule has 0 spiro atoms. The van der Waals surface area contributed by atoms with Crippen molar-refractivity contribution in [2.24, 2.45) is 0 Å². The van der Waals surface area contributed by atoms with E-state index in [0.29, 0.717) is 17.3 Å². The molecule has 0 saturated carbocycles. The topological polar surface area (TPSA) is 56.3 Å². The Bertz CT molecular complexity index is 519. The summed E-state index contributed by atoms with van der Waals surface area (Å²) < 4.78 is 0. The largest absolute Gasteiger partial charge is 0.398 e. The lowest BCUT2D eigenvalue weighted by atomic mass is 10.1. The van der Waals surface area contributed by atoms with Crippen LogP contribution in [0.15, 0.2) is 18.2 Å². The Kier molecular flexibility index (Phi) is 3.08. The summed E-state index contributed by atoms with van der Waals surface area (Å²) in [7, 11) is 2.25. The number of likely N-dealkylation sites (N-methyl/N-ethyl adjacent to an activating group) is 1. The first-order chi connectivity index (χ1) is 9.19. The molecule has 4 nitrogen and oxygen atoms in total. The standard InChI is InChI=1S/C15H20N4/c1-18-12-4-5-14(18)10-19(7-6-12)13-3-2-11(9-16)15(17)8-13/h2-3,8,12,14H,4-7,10,17H2,1H3. The van der Waals surface area contributed by atoms with E-state index in [2.05, 4.69) is 22.9 Å². The second kappa shape index (κ2) is 4.75. The molecule has 2 N–H and O–H groups in total. The van der Waals surface area contributed by atoms with Crippen LogP contribution in [0.3, 0.4) is 0 Å². The number of rotatable bonds is 1. The molecule has 0 aliphatic carbocycles. The summed E-state index contributed by atoms with van der Waals surface area (Å²) in [6, 6.07) is 9.31. The van der Waals surface area contributed by atoms with Crippen LogP contribution >= 0.6 is 0 Å². The van der Waals surface area contributed by atoms with Crippen LogP contribution in [0, 0.1) is 11.3 Å². The highest BCUT2D eigenvalue weighted by molar-refractivity contribution is 5.63. The summed E-state index contributed by atoms with van der Waals surface area (Å²) in [6.45, 7) is 2.15. The van der Waals surface area contributed by atoms with Gasteiger partial charge in [-0.3, -0.25) is 4.90 Å². The summed E-state index contributed by atoms with van der Waals surface area (Å²) in [6.07, 6.45) is 3.85. The first-order valence-electron chi connectivity index (χ1n) is 6.95. The van der Waals surface area contributed by atoms with E-state index in [0.717, 1.165) is 24.8 Å². The number of nitrogens with zero attached hydrogens (tertiary/aromatic N) is 3. The number of benzene rings is 1. The zero-order chi connectivity index (χ0) is 13.4. The van der Waals surface area contributed by atoms with Crippen molar-refractivity contribution < 1.29 is 0 Å². The maximum absolute atomic E-state index is 8.94. The van der Waals surface area contributed by atoms with Gasteiger partial charge in [-0.15, -0.1) is 0 Å². The number of nitrogens with two attached hydrogens (primary N) is 1. The number of anilines is 2. The third-order valence-corrected chi connectivity index (χ3v) is 4.67. The molecular weight excluding hydrogens is 236 g/mol. The molecule has 2 saturated heterocycles. The number of fused-ring (bicyclic) bond motifs is 2. The second-order valence-electron chi connectivity index (χ2n) is 5.67. The fourth-order valence-electron chi connectivity index (χ4n) is 3.39. The van der Waals surface area contributed by atoms with Crippen LogP contribution in [-0.4, -0.2) is 37.1 Å². The summed E-state index contributed by atoms with van der Waals surface area (Å²) >= 11 is 0. The Morgan fingerprint density at radius 3 is 2.79 bits per heavy atom. The Labute approximate surface area is 114 Å². The number of nitrogen functional groups attached to an aromatic ring is 1. The molecule has 2 unspecified atom stereocenters. The van der Waals surface area contributed by atoms with Gasteiger partial charge in [-0.25, -0.2) is 0 Å². The van der Waals surface area contributed by atoms with Crippen LogP contribution in [-0.2, 0) is 0 Å². The molecule has 3 rings (SSSR count). The molecule has 0 radical (unpaired) electrons. The molecule has 2 aliphatic rings. The number of hydrogen-bond donors (Lipinski definition) is 1. The molecule has 4 heteroatoms. The molecule has 100 valence electrons. The minimum atomic E-state index is 0.567. The monoisotopic (exact) mass is 256 g/mol. The SMILES string of the molecule is CN1C2CCC1CN(c1ccc(C#N)c(N)c1)CC2. The van der Waals surface area contributed by atoms with Crippen molar-refractivity contribution in [3.05, 3.63) is 23.8 Å². The lowest BCUT2D eigenvalue weighted by Crippen LogP contribution is -2.36. The maximum atomic E-state index is 8.94. The van der Waals surface area contributed by atoms with Gasteiger partial charge < -0.3 is 10.6 Å². The average molecular weight is 256 g/mol. The van der Waals surface area contributed by atoms with Crippen LogP contribution in [0.1, 0.15) is 24.8 Å². The zero-order valence-corrected chi connectivity index (χ0v) is 11.3. The summed E-state index contributed by atoms with van der Waals surface area (Å²) in [5.74, 6) is 0. The maximum Gasteiger partial charge on any atom is 0.101 e. The molecule has 1 aromatic rings. The lowest BCUT2D eigenvalue weighted by molar-refractivity contribution is 0.254. The molecule has 0 aromatic heterocycles. The molecule has 2 heterocycles. The fourth-order valence-corrected chi connectivity index (χ4v) is 3.39. The van der Waals surface area contributed by atoms with Gasteiger partial charge in [0.2, 0.25) is 0 Å². The molecule has 1 aromatic carbocycles. The van der Waals surface area contributed by atoms with Crippen LogP contribution in [0.5, 0.6) is 0 Å². The van der Waals surface area contributed by atoms with Gasteiger partial charge in [-0.2, -0.15) is 5.26 Å². The molecule has 19 heavy (non-hydrogen) atoms. The predicted molar refractivity (Wildman–Crippen MR) is 77.0 cm³/mol. The van der Waals surface area contributed by atoms with Crippen molar-refractivity contribution in [3.8, 4) is 6.07 Å². The van der Waals surface area contributed by atoms with E-state index in [1.807, 2.05) is 18.2 Å². The highest BCUT2D eigenvalue weighted by atomic mass is 15.3. The van der Waals surface area contributed by atoms with Crippen molar-refractivity contribution >= 4 is 11.4 Å². The highest BCUT2D eigenvalue weighted by Crippen LogP contribution is 2.31. The molecule has 0 amide bonds. The lowest BCUT2D eigenvalue weighted by Gasteiger charge is -2.27. The molecular formula is C15H20N4. The predicted octanol–water partition coefficient (Wildman–Crippen LogP) is 1.81. The molecule has 2 fully saturated rings. The van der Waals surface area contributed by atoms with Crippen LogP contribution in [0.2, 0.25) is 0 Å². The van der Waals surface area contributed by atoms with E-state index in [-0.39, 0.29) is 0 Å². The van der Waals surface area contributed by atoms with E-state index >= 15 is 0 Å². The van der Waals surface area contributed by atoms with Crippen LogP contribution in [0.4, 0.5) is 11.4 Å². The van der Waals surface area contributed by atoms with E-state index in [9.17, 15) is 0 Å². The quantitative estimate of drug-likeness (QED) is 0.779. The van der Waals surface area contributed by atoms with Gasteiger partial charge in [-0.05, 0) is 44.5 Å². The van der Waals surface area contributed by atoms with Crippen molar-refractivity contribution in [1.29, 1.82) is 5.26 Å². The Morgan fingerprint density at radius 1 is 1.26 bits per heavy atom. The van der Waals surface area contributed by atoms with Gasteiger partial charge in [0.1, 0.15) is 6.07 Å². The number of hydrogen-bond acceptors (Lipinski definition) is 4. The Balaban J connectivity index is 1.83. The molecule has 2 atom stereocenters. The fraction of sp³-hybridized carbons (Fsp3) is 0.533. The van der Waals surface area contributed by atoms with Crippen LogP contribution in [0.25, 0.3) is 0 Å². The van der Waals surface area contributed by atoms with Crippen molar-refractivity contribution in [3.63, 3.8) is 0 Å². The van der Waals surface area contributed by atoms with E-state index < -0.39 is 0 Å². The minimum absolute atomic E-state index is 0.567. The van der Waals surface area contributed by atoms with Gasteiger partial charge >= 0.3 is 0 Å². The normalized spacial score (nSPS) is 27.1. The van der Waals surface area contributed by atoms with Crippen molar-refractivity contribution in [2.75, 3.05) is 30.8 Å². The van der Waals surface area contributed by atoms with E-state index in [1.54, 1.807) is 0 Å². The van der Waals surface area contributed by atoms with Crippen LogP contribution < -0.4 is 10.6 Å². The third kappa shape index (κ3) is 2.15. The zero-order valence-electron chi connectivity index (χ0n) is 11.3. The summed E-state index contributed by atoms with van der Waals surface area (Å²) in [5, 5.41) is 8.94. The first-order valence-corrected chi connectivity index (χ1v) is 6.95. The average Bonchev–Trinajstić information content (AvgIpc) is 2.63. The van der Waals surface area contributed by atoms with Gasteiger partial charge in [0.05, 0.1) is 11.3 Å². The summed E-state index contributed by atoms with van der Waals surface area (Å²) in [4.78, 5) is 4.95. The van der Waals surface area contributed by atoms with E-state index in [1.165, 1.54) is 19.3 Å². The Hall–Kier alpha value is -1.73. The minimum Gasteiger partial charge on any atom is -0.398 e.